The molecule has 0 fully saturated rings. The van der Waals surface area contributed by atoms with Crippen molar-refractivity contribution in [2.45, 2.75) is 20.0 Å². The predicted octanol–water partition coefficient (Wildman–Crippen LogP) is 0.435. The minimum absolute atomic E-state index is 0.156. The number of aliphatic hydroxyl groups is 1. The molecule has 0 aromatic carbocycles. The van der Waals surface area contributed by atoms with E-state index in [0.29, 0.717) is 26.3 Å². The highest BCUT2D eigenvalue weighted by molar-refractivity contribution is 5.71. The van der Waals surface area contributed by atoms with Gasteiger partial charge in [0.15, 0.2) is 0 Å². The van der Waals surface area contributed by atoms with Gasteiger partial charge in [0.2, 0.25) is 0 Å². The Morgan fingerprint density at radius 3 is 2.71 bits per heavy atom. The van der Waals surface area contributed by atoms with Gasteiger partial charge in [-0.3, -0.25) is 9.69 Å². The zero-order valence-corrected chi connectivity index (χ0v) is 10.7. The van der Waals surface area contributed by atoms with E-state index in [2.05, 4.69) is 6.58 Å². The fourth-order valence-corrected chi connectivity index (χ4v) is 1.38. The molecule has 0 heterocycles. The van der Waals surface area contributed by atoms with E-state index in [-0.39, 0.29) is 19.1 Å². The molecule has 0 aliphatic rings. The Hall–Kier alpha value is -0.910. The van der Waals surface area contributed by atoms with Crippen molar-refractivity contribution in [1.29, 1.82) is 0 Å². The third-order valence-corrected chi connectivity index (χ3v) is 2.03. The Kier molecular flexibility index (Phi) is 9.71. The van der Waals surface area contributed by atoms with Gasteiger partial charge in [0.05, 0.1) is 25.9 Å². The number of aliphatic hydroxyl groups excluding tert-OH is 1. The van der Waals surface area contributed by atoms with Crippen molar-refractivity contribution >= 4 is 5.97 Å². The number of carbonyl (C=O) groups excluding carboxylic acids is 1. The molecule has 1 unspecified atom stereocenters. The molecule has 1 N–H and O–H groups in total. The summed E-state index contributed by atoms with van der Waals surface area (Å²) < 4.78 is 9.96. The average molecular weight is 245 g/mol. The van der Waals surface area contributed by atoms with Crippen molar-refractivity contribution in [3.63, 3.8) is 0 Å². The number of hydrogen-bond acceptors (Lipinski definition) is 5. The lowest BCUT2D eigenvalue weighted by atomic mass is 10.3. The highest BCUT2D eigenvalue weighted by atomic mass is 16.5. The smallest absolute Gasteiger partial charge is 0.320 e. The summed E-state index contributed by atoms with van der Waals surface area (Å²) in [5.74, 6) is -0.294. The van der Waals surface area contributed by atoms with Crippen LogP contribution in [0.5, 0.6) is 0 Å². The lowest BCUT2D eigenvalue weighted by molar-refractivity contribution is -0.144. The third-order valence-electron chi connectivity index (χ3n) is 2.03. The fourth-order valence-electron chi connectivity index (χ4n) is 1.38. The van der Waals surface area contributed by atoms with Crippen LogP contribution in [0.15, 0.2) is 12.7 Å². The number of carbonyl (C=O) groups is 1. The number of nitrogens with zero attached hydrogens (tertiary/aromatic N) is 1. The highest BCUT2D eigenvalue weighted by Crippen LogP contribution is 1.96. The normalized spacial score (nSPS) is 12.5. The maximum Gasteiger partial charge on any atom is 0.320 e. The van der Waals surface area contributed by atoms with E-state index in [1.807, 2.05) is 6.92 Å². The molecule has 0 aliphatic carbocycles. The minimum Gasteiger partial charge on any atom is -0.465 e. The summed E-state index contributed by atoms with van der Waals surface area (Å²) in [6, 6.07) is 0. The molecule has 0 saturated carbocycles. The molecule has 17 heavy (non-hydrogen) atoms. The van der Waals surface area contributed by atoms with Crippen LogP contribution in [0, 0.1) is 0 Å². The second-order valence-corrected chi connectivity index (χ2v) is 3.60. The Morgan fingerprint density at radius 2 is 2.18 bits per heavy atom. The zero-order chi connectivity index (χ0) is 13.1. The molecule has 0 radical (unpaired) electrons. The fraction of sp³-hybridized carbons (Fsp3) is 0.750. The van der Waals surface area contributed by atoms with Gasteiger partial charge in [-0.2, -0.15) is 0 Å². The largest absolute Gasteiger partial charge is 0.465 e. The van der Waals surface area contributed by atoms with Crippen LogP contribution in [0.3, 0.4) is 0 Å². The summed E-state index contributed by atoms with van der Waals surface area (Å²) >= 11 is 0. The van der Waals surface area contributed by atoms with Gasteiger partial charge in [-0.15, -0.1) is 6.58 Å². The quantitative estimate of drug-likeness (QED) is 0.447. The zero-order valence-electron chi connectivity index (χ0n) is 10.7. The first kappa shape index (κ1) is 16.1. The molecule has 1 atom stereocenters. The van der Waals surface area contributed by atoms with Gasteiger partial charge in [0, 0.05) is 19.7 Å². The molecule has 5 nitrogen and oxygen atoms in total. The van der Waals surface area contributed by atoms with Crippen LogP contribution < -0.4 is 0 Å². The molecule has 0 rings (SSSR count). The monoisotopic (exact) mass is 245 g/mol. The molecule has 0 aromatic rings. The third kappa shape index (κ3) is 8.85. The van der Waals surface area contributed by atoms with Crippen LogP contribution in [0.1, 0.15) is 13.8 Å². The van der Waals surface area contributed by atoms with E-state index in [9.17, 15) is 9.90 Å². The van der Waals surface area contributed by atoms with E-state index in [0.717, 1.165) is 0 Å². The summed E-state index contributed by atoms with van der Waals surface area (Å²) in [5.41, 5.74) is 0. The Morgan fingerprint density at radius 1 is 1.47 bits per heavy atom. The molecule has 100 valence electrons. The molecule has 0 bridgehead atoms. The summed E-state index contributed by atoms with van der Waals surface area (Å²) in [4.78, 5) is 13.1. The van der Waals surface area contributed by atoms with Crippen LogP contribution in [-0.4, -0.2) is 61.5 Å². The van der Waals surface area contributed by atoms with Crippen LogP contribution in [-0.2, 0) is 14.3 Å². The van der Waals surface area contributed by atoms with Gasteiger partial charge in [-0.1, -0.05) is 6.08 Å². The summed E-state index contributed by atoms with van der Waals surface area (Å²) in [6.07, 6.45) is 1.08. The van der Waals surface area contributed by atoms with Crippen molar-refractivity contribution in [3.05, 3.63) is 12.7 Å². The van der Waals surface area contributed by atoms with Crippen molar-refractivity contribution in [1.82, 2.24) is 4.90 Å². The number of rotatable bonds is 10. The van der Waals surface area contributed by atoms with E-state index >= 15 is 0 Å². The van der Waals surface area contributed by atoms with Gasteiger partial charge in [0.1, 0.15) is 0 Å². The molecule has 5 heteroatoms. The van der Waals surface area contributed by atoms with Crippen LogP contribution in [0.4, 0.5) is 0 Å². The molecule has 0 aliphatic heterocycles. The maximum atomic E-state index is 11.3. The van der Waals surface area contributed by atoms with Crippen LogP contribution in [0.2, 0.25) is 0 Å². The number of hydrogen-bond donors (Lipinski definition) is 1. The Balaban J connectivity index is 4.03. The number of esters is 1. The standard InChI is InChI=1S/C12H23NO4/c1-4-7-13(9-12(15)17-6-3)8-11(14)10-16-5-2/h4,11,14H,1,5-10H2,2-3H3. The first-order chi connectivity index (χ1) is 8.13. The highest BCUT2D eigenvalue weighted by Gasteiger charge is 2.14. The topological polar surface area (TPSA) is 59.0 Å². The van der Waals surface area contributed by atoms with Crippen LogP contribution >= 0.6 is 0 Å². The lowest BCUT2D eigenvalue weighted by Gasteiger charge is -2.22. The second kappa shape index (κ2) is 10.3. The van der Waals surface area contributed by atoms with Gasteiger partial charge in [-0.25, -0.2) is 0 Å². The number of ether oxygens (including phenoxy) is 2. The Bertz CT molecular complexity index is 221. The average Bonchev–Trinajstić information content (AvgIpc) is 2.27. The van der Waals surface area contributed by atoms with Crippen molar-refractivity contribution < 1.29 is 19.4 Å². The maximum absolute atomic E-state index is 11.3. The van der Waals surface area contributed by atoms with Gasteiger partial charge in [-0.05, 0) is 13.8 Å². The molecule has 0 aromatic heterocycles. The molecule has 0 amide bonds. The SMILES string of the molecule is C=CCN(CC(=O)OCC)CC(O)COCC. The van der Waals surface area contributed by atoms with Gasteiger partial charge in [0.25, 0.3) is 0 Å². The van der Waals surface area contributed by atoms with Crippen molar-refractivity contribution in [3.8, 4) is 0 Å². The van der Waals surface area contributed by atoms with E-state index in [1.165, 1.54) is 0 Å². The molecular formula is C12H23NO4. The minimum atomic E-state index is -0.607. The van der Waals surface area contributed by atoms with Crippen LogP contribution in [0.25, 0.3) is 0 Å². The van der Waals surface area contributed by atoms with E-state index in [1.54, 1.807) is 17.9 Å². The van der Waals surface area contributed by atoms with Gasteiger partial charge < -0.3 is 14.6 Å². The van der Waals surface area contributed by atoms with Gasteiger partial charge >= 0.3 is 5.97 Å². The second-order valence-electron chi connectivity index (χ2n) is 3.60. The predicted molar refractivity (Wildman–Crippen MR) is 65.8 cm³/mol. The molecular weight excluding hydrogens is 222 g/mol. The Labute approximate surface area is 103 Å². The summed E-state index contributed by atoms with van der Waals surface area (Å²) in [5, 5.41) is 9.67. The molecule has 0 spiro atoms. The summed E-state index contributed by atoms with van der Waals surface area (Å²) in [7, 11) is 0. The first-order valence-corrected chi connectivity index (χ1v) is 5.88. The van der Waals surface area contributed by atoms with E-state index in [4.69, 9.17) is 9.47 Å². The lowest BCUT2D eigenvalue weighted by Crippen LogP contribution is -2.38. The van der Waals surface area contributed by atoms with E-state index < -0.39 is 6.10 Å². The molecule has 0 saturated heterocycles. The van der Waals surface area contributed by atoms with Crippen molar-refractivity contribution in [2.24, 2.45) is 0 Å². The first-order valence-electron chi connectivity index (χ1n) is 5.88. The van der Waals surface area contributed by atoms with Crippen molar-refractivity contribution in [2.75, 3.05) is 39.5 Å². The summed E-state index contributed by atoms with van der Waals surface area (Å²) in [6.45, 7) is 9.50.